The lowest BCUT2D eigenvalue weighted by molar-refractivity contribution is -0.0354. The molecule has 2 saturated carbocycles. The fourth-order valence-corrected chi connectivity index (χ4v) is 4.48. The number of aliphatic hydroxyl groups is 1. The van der Waals surface area contributed by atoms with E-state index in [-0.39, 0.29) is 5.60 Å². The van der Waals surface area contributed by atoms with Crippen molar-refractivity contribution in [1.29, 1.82) is 0 Å². The van der Waals surface area contributed by atoms with E-state index in [0.717, 1.165) is 13.1 Å². The molecular formula is C16H29NO2. The molecule has 3 rings (SSSR count). The predicted molar refractivity (Wildman–Crippen MR) is 76.1 cm³/mol. The molecule has 0 aromatic rings. The van der Waals surface area contributed by atoms with Crippen LogP contribution in [0.1, 0.15) is 57.8 Å². The second-order valence-electron chi connectivity index (χ2n) is 6.96. The number of nitrogens with one attached hydrogen (secondary N) is 1. The molecule has 0 aromatic carbocycles. The van der Waals surface area contributed by atoms with Crippen molar-refractivity contribution in [3.63, 3.8) is 0 Å². The molecule has 0 radical (unpaired) electrons. The van der Waals surface area contributed by atoms with E-state index < -0.39 is 0 Å². The molecule has 3 fully saturated rings. The van der Waals surface area contributed by atoms with Crippen LogP contribution in [-0.2, 0) is 4.74 Å². The molecule has 3 nitrogen and oxygen atoms in total. The SMILES string of the molecule is OCC1CCCC1CNCC1CCC2(CCCC2)O1. The van der Waals surface area contributed by atoms with Gasteiger partial charge in [0.1, 0.15) is 0 Å². The summed E-state index contributed by atoms with van der Waals surface area (Å²) >= 11 is 0. The van der Waals surface area contributed by atoms with Crippen LogP contribution in [0.3, 0.4) is 0 Å². The first-order chi connectivity index (χ1) is 9.31. The molecule has 0 bridgehead atoms. The minimum atomic E-state index is 0.271. The van der Waals surface area contributed by atoms with Crippen molar-refractivity contribution in [3.8, 4) is 0 Å². The molecule has 1 heterocycles. The van der Waals surface area contributed by atoms with Gasteiger partial charge < -0.3 is 15.2 Å². The Kier molecular flexibility index (Phi) is 4.45. The number of aliphatic hydroxyl groups excluding tert-OH is 1. The molecule has 110 valence electrons. The van der Waals surface area contributed by atoms with Crippen molar-refractivity contribution in [3.05, 3.63) is 0 Å². The van der Waals surface area contributed by atoms with Crippen LogP contribution in [0, 0.1) is 11.8 Å². The number of hydrogen-bond acceptors (Lipinski definition) is 3. The normalized spacial score (nSPS) is 37.4. The summed E-state index contributed by atoms with van der Waals surface area (Å²) in [4.78, 5) is 0. The Morgan fingerprint density at radius 3 is 2.53 bits per heavy atom. The lowest BCUT2D eigenvalue weighted by atomic mass is 9.97. The average molecular weight is 267 g/mol. The third-order valence-electron chi connectivity index (χ3n) is 5.68. The first-order valence-electron chi connectivity index (χ1n) is 8.31. The molecule has 0 amide bonds. The molecule has 3 unspecified atom stereocenters. The van der Waals surface area contributed by atoms with Gasteiger partial charge in [-0.2, -0.15) is 0 Å². The van der Waals surface area contributed by atoms with Crippen LogP contribution in [0.25, 0.3) is 0 Å². The lowest BCUT2D eigenvalue weighted by Gasteiger charge is -2.24. The first kappa shape index (κ1) is 13.8. The molecule has 2 aliphatic carbocycles. The van der Waals surface area contributed by atoms with Gasteiger partial charge in [-0.3, -0.25) is 0 Å². The maximum absolute atomic E-state index is 9.33. The standard InChI is InChI=1S/C16H29NO2/c18-12-14-5-3-4-13(14)10-17-11-15-6-9-16(19-15)7-1-2-8-16/h13-15,17-18H,1-12H2. The van der Waals surface area contributed by atoms with Gasteiger partial charge >= 0.3 is 0 Å². The Balaban J connectivity index is 1.37. The molecule has 19 heavy (non-hydrogen) atoms. The van der Waals surface area contributed by atoms with Crippen LogP contribution < -0.4 is 5.32 Å². The van der Waals surface area contributed by atoms with E-state index >= 15 is 0 Å². The second kappa shape index (κ2) is 6.11. The molecule has 2 N–H and O–H groups in total. The van der Waals surface area contributed by atoms with E-state index in [2.05, 4.69) is 5.32 Å². The Morgan fingerprint density at radius 1 is 0.947 bits per heavy atom. The molecule has 0 aromatic heterocycles. The molecule has 1 saturated heterocycles. The summed E-state index contributed by atoms with van der Waals surface area (Å²) in [5.74, 6) is 1.23. The van der Waals surface area contributed by atoms with Gasteiger partial charge in [-0.15, -0.1) is 0 Å². The zero-order chi connectivity index (χ0) is 13.1. The maximum atomic E-state index is 9.33. The number of ether oxygens (including phenoxy) is 1. The topological polar surface area (TPSA) is 41.5 Å². The van der Waals surface area contributed by atoms with E-state index in [1.165, 1.54) is 57.8 Å². The summed E-state index contributed by atoms with van der Waals surface area (Å²) in [5, 5.41) is 12.9. The molecule has 3 heteroatoms. The predicted octanol–water partition coefficient (Wildman–Crippen LogP) is 2.48. The van der Waals surface area contributed by atoms with E-state index in [9.17, 15) is 5.11 Å². The Bertz CT molecular complexity index is 288. The minimum absolute atomic E-state index is 0.271. The van der Waals surface area contributed by atoms with Gasteiger partial charge in [0, 0.05) is 13.2 Å². The second-order valence-corrected chi connectivity index (χ2v) is 6.96. The fourth-order valence-electron chi connectivity index (χ4n) is 4.48. The van der Waals surface area contributed by atoms with Gasteiger partial charge in [0.2, 0.25) is 0 Å². The minimum Gasteiger partial charge on any atom is -0.396 e. The molecule has 1 aliphatic heterocycles. The van der Waals surface area contributed by atoms with Crippen molar-refractivity contribution in [2.45, 2.75) is 69.5 Å². The highest BCUT2D eigenvalue weighted by Gasteiger charge is 2.41. The zero-order valence-electron chi connectivity index (χ0n) is 12.1. The highest BCUT2D eigenvalue weighted by atomic mass is 16.5. The molecule has 3 atom stereocenters. The fraction of sp³-hybridized carbons (Fsp3) is 1.00. The highest BCUT2D eigenvalue weighted by molar-refractivity contribution is 4.93. The van der Waals surface area contributed by atoms with Gasteiger partial charge in [-0.25, -0.2) is 0 Å². The van der Waals surface area contributed by atoms with Crippen molar-refractivity contribution in [2.75, 3.05) is 19.7 Å². The average Bonchev–Trinajstić information content (AvgIpc) is 3.13. The Labute approximate surface area is 117 Å². The summed E-state index contributed by atoms with van der Waals surface area (Å²) in [6.45, 7) is 2.45. The van der Waals surface area contributed by atoms with Gasteiger partial charge in [0.05, 0.1) is 11.7 Å². The largest absolute Gasteiger partial charge is 0.396 e. The van der Waals surface area contributed by atoms with E-state index in [1.807, 2.05) is 0 Å². The van der Waals surface area contributed by atoms with Crippen molar-refractivity contribution >= 4 is 0 Å². The maximum Gasteiger partial charge on any atom is 0.0708 e. The van der Waals surface area contributed by atoms with Crippen LogP contribution in [-0.4, -0.2) is 36.5 Å². The van der Waals surface area contributed by atoms with E-state index in [1.54, 1.807) is 0 Å². The van der Waals surface area contributed by atoms with Crippen molar-refractivity contribution < 1.29 is 9.84 Å². The van der Waals surface area contributed by atoms with Crippen LogP contribution in [0.2, 0.25) is 0 Å². The smallest absolute Gasteiger partial charge is 0.0708 e. The summed E-state index contributed by atoms with van der Waals surface area (Å²) in [6, 6.07) is 0. The third kappa shape index (κ3) is 3.14. The van der Waals surface area contributed by atoms with Gasteiger partial charge in [-0.05, 0) is 56.9 Å². The van der Waals surface area contributed by atoms with Gasteiger partial charge in [0.15, 0.2) is 0 Å². The Morgan fingerprint density at radius 2 is 1.74 bits per heavy atom. The summed E-state index contributed by atoms with van der Waals surface area (Å²) in [6.07, 6.45) is 12.0. The molecule has 1 spiro atoms. The summed E-state index contributed by atoms with van der Waals surface area (Å²) < 4.78 is 6.32. The molecular weight excluding hydrogens is 238 g/mol. The van der Waals surface area contributed by atoms with Crippen LogP contribution >= 0.6 is 0 Å². The van der Waals surface area contributed by atoms with E-state index in [4.69, 9.17) is 4.74 Å². The monoisotopic (exact) mass is 267 g/mol. The molecule has 3 aliphatic rings. The highest BCUT2D eigenvalue weighted by Crippen LogP contribution is 2.43. The van der Waals surface area contributed by atoms with Crippen LogP contribution in [0.5, 0.6) is 0 Å². The van der Waals surface area contributed by atoms with Gasteiger partial charge in [-0.1, -0.05) is 19.3 Å². The quantitative estimate of drug-likeness (QED) is 0.804. The summed E-state index contributed by atoms with van der Waals surface area (Å²) in [5.41, 5.74) is 0.271. The van der Waals surface area contributed by atoms with Crippen molar-refractivity contribution in [2.24, 2.45) is 11.8 Å². The number of rotatable bonds is 5. The first-order valence-corrected chi connectivity index (χ1v) is 8.31. The summed E-state index contributed by atoms with van der Waals surface area (Å²) in [7, 11) is 0. The van der Waals surface area contributed by atoms with E-state index in [0.29, 0.717) is 24.5 Å². The van der Waals surface area contributed by atoms with Crippen LogP contribution in [0.4, 0.5) is 0 Å². The third-order valence-corrected chi connectivity index (χ3v) is 5.68. The van der Waals surface area contributed by atoms with Crippen LogP contribution in [0.15, 0.2) is 0 Å². The zero-order valence-corrected chi connectivity index (χ0v) is 12.1. The van der Waals surface area contributed by atoms with Gasteiger partial charge in [0.25, 0.3) is 0 Å². The number of hydrogen-bond donors (Lipinski definition) is 2. The lowest BCUT2D eigenvalue weighted by Crippen LogP contribution is -2.34. The Hall–Kier alpha value is -0.120. The van der Waals surface area contributed by atoms with Crippen molar-refractivity contribution in [1.82, 2.24) is 5.32 Å².